The number of ether oxygens (including phenoxy) is 1. The maximum absolute atomic E-state index is 14.2. The Bertz CT molecular complexity index is 713. The first kappa shape index (κ1) is 21.5. The molecule has 2 aromatic rings. The number of likely N-dealkylation sites (N-methyl/N-ethyl adjacent to an activating group) is 1. The van der Waals surface area contributed by atoms with Crippen LogP contribution < -0.4 is 4.90 Å². The Morgan fingerprint density at radius 2 is 1.45 bits per heavy atom. The van der Waals surface area contributed by atoms with Crippen LogP contribution in [0.1, 0.15) is 31.9 Å². The van der Waals surface area contributed by atoms with E-state index in [-0.39, 0.29) is 11.8 Å². The smallest absolute Gasteiger partial charge is 0.238 e. The van der Waals surface area contributed by atoms with Gasteiger partial charge in [-0.25, -0.2) is 0 Å². The van der Waals surface area contributed by atoms with Gasteiger partial charge >= 0.3 is 0 Å². The van der Waals surface area contributed by atoms with Gasteiger partial charge in [-0.1, -0.05) is 67.6 Å². The number of hydrogen-bond acceptors (Lipinski definition) is 2. The molecule has 1 aliphatic heterocycles. The Balaban J connectivity index is 2.14. The summed E-state index contributed by atoms with van der Waals surface area (Å²) in [7, 11) is 0. The summed E-state index contributed by atoms with van der Waals surface area (Å²) in [5.74, 6) is 0.355. The predicted molar refractivity (Wildman–Crippen MR) is 117 cm³/mol. The fraction of sp³-hybridized carbons (Fsp3) is 0.480. The molecular formula is C25H35N2O2+. The summed E-state index contributed by atoms with van der Waals surface area (Å²) in [6, 6.07) is 20.8. The Labute approximate surface area is 175 Å². The number of hydrogen-bond donors (Lipinski definition) is 1. The average Bonchev–Trinajstić information content (AvgIpc) is 2.77. The van der Waals surface area contributed by atoms with Crippen LogP contribution in [-0.4, -0.2) is 56.7 Å². The quantitative estimate of drug-likeness (QED) is 0.745. The van der Waals surface area contributed by atoms with Gasteiger partial charge in [0.2, 0.25) is 5.91 Å². The monoisotopic (exact) mass is 395 g/mol. The molecule has 3 rings (SSSR count). The third kappa shape index (κ3) is 4.39. The normalized spacial score (nSPS) is 16.4. The van der Waals surface area contributed by atoms with E-state index in [1.54, 1.807) is 0 Å². The van der Waals surface area contributed by atoms with Crippen LogP contribution in [0.4, 0.5) is 0 Å². The highest BCUT2D eigenvalue weighted by Gasteiger charge is 2.49. The van der Waals surface area contributed by atoms with Crippen LogP contribution in [0, 0.1) is 5.92 Å². The number of nitrogens with one attached hydrogen (secondary N) is 1. The fourth-order valence-corrected chi connectivity index (χ4v) is 4.81. The molecule has 1 saturated heterocycles. The lowest BCUT2D eigenvalue weighted by Crippen LogP contribution is -3.15. The lowest BCUT2D eigenvalue weighted by atomic mass is 9.65. The molecule has 0 spiro atoms. The molecule has 1 fully saturated rings. The number of carbonyl (C=O) groups excluding carboxylic acids is 1. The van der Waals surface area contributed by atoms with Crippen LogP contribution in [0.15, 0.2) is 60.7 Å². The highest BCUT2D eigenvalue weighted by molar-refractivity contribution is 5.92. The zero-order valence-electron chi connectivity index (χ0n) is 18.1. The SMILES string of the molecule is CCN(CC)C(=O)C(c1ccccc1)(c1ccccc1)[C@@H](C)C[NH+]1CCOCC1. The zero-order chi connectivity index (χ0) is 20.7. The fourth-order valence-electron chi connectivity index (χ4n) is 4.81. The van der Waals surface area contributed by atoms with Crippen molar-refractivity contribution in [1.29, 1.82) is 0 Å². The molecule has 0 unspecified atom stereocenters. The molecule has 156 valence electrons. The van der Waals surface area contributed by atoms with Crippen molar-refractivity contribution in [3.05, 3.63) is 71.8 Å². The molecule has 0 aromatic heterocycles. The number of rotatable bonds is 8. The Morgan fingerprint density at radius 1 is 0.966 bits per heavy atom. The Kier molecular flexibility index (Phi) is 7.45. The van der Waals surface area contributed by atoms with Crippen molar-refractivity contribution in [3.63, 3.8) is 0 Å². The third-order valence-electron chi connectivity index (χ3n) is 6.38. The van der Waals surface area contributed by atoms with Crippen molar-refractivity contribution in [2.24, 2.45) is 5.92 Å². The van der Waals surface area contributed by atoms with Crippen LogP contribution in [0.25, 0.3) is 0 Å². The van der Waals surface area contributed by atoms with Gasteiger partial charge in [0.25, 0.3) is 0 Å². The van der Waals surface area contributed by atoms with Gasteiger partial charge in [-0.3, -0.25) is 4.79 Å². The van der Waals surface area contributed by atoms with Gasteiger partial charge < -0.3 is 14.5 Å². The predicted octanol–water partition coefficient (Wildman–Crippen LogP) is 2.39. The number of amides is 1. The molecule has 1 N–H and O–H groups in total. The van der Waals surface area contributed by atoms with E-state index >= 15 is 0 Å². The minimum Gasteiger partial charge on any atom is -0.370 e. The second-order valence-electron chi connectivity index (χ2n) is 7.99. The zero-order valence-corrected chi connectivity index (χ0v) is 18.1. The standard InChI is InChI=1S/C25H34N2O2/c1-4-27(5-2)24(28)25(22-12-8-6-9-13-22,23-14-10-7-11-15-23)21(3)20-26-16-18-29-19-17-26/h6-15,21H,4-5,16-20H2,1-3H3/p+1/t21-/m0/s1. The molecule has 4 nitrogen and oxygen atoms in total. The van der Waals surface area contributed by atoms with Gasteiger partial charge in [0.05, 0.1) is 19.8 Å². The first-order chi connectivity index (χ1) is 14.1. The molecule has 29 heavy (non-hydrogen) atoms. The average molecular weight is 396 g/mol. The minimum absolute atomic E-state index is 0.147. The van der Waals surface area contributed by atoms with E-state index in [1.807, 2.05) is 17.0 Å². The summed E-state index contributed by atoms with van der Waals surface area (Å²) in [5, 5.41) is 0. The summed E-state index contributed by atoms with van der Waals surface area (Å²) >= 11 is 0. The molecule has 1 aliphatic rings. The van der Waals surface area contributed by atoms with Crippen molar-refractivity contribution in [3.8, 4) is 0 Å². The summed E-state index contributed by atoms with van der Waals surface area (Å²) in [6.07, 6.45) is 0. The molecule has 0 radical (unpaired) electrons. The third-order valence-corrected chi connectivity index (χ3v) is 6.38. The Hall–Kier alpha value is -2.17. The Morgan fingerprint density at radius 3 is 1.90 bits per heavy atom. The highest BCUT2D eigenvalue weighted by Crippen LogP contribution is 2.41. The van der Waals surface area contributed by atoms with E-state index in [0.717, 1.165) is 44.0 Å². The van der Waals surface area contributed by atoms with Crippen LogP contribution in [0.2, 0.25) is 0 Å². The lowest BCUT2D eigenvalue weighted by molar-refractivity contribution is -0.911. The second-order valence-corrected chi connectivity index (χ2v) is 7.99. The number of quaternary nitrogens is 1. The van der Waals surface area contributed by atoms with Gasteiger partial charge in [0, 0.05) is 19.0 Å². The molecule has 0 saturated carbocycles. The summed E-state index contributed by atoms with van der Waals surface area (Å²) in [6.45, 7) is 12.4. The second kappa shape index (κ2) is 10.0. The molecule has 1 heterocycles. The minimum atomic E-state index is -0.695. The van der Waals surface area contributed by atoms with Gasteiger partial charge in [-0.15, -0.1) is 0 Å². The summed E-state index contributed by atoms with van der Waals surface area (Å²) in [5.41, 5.74) is 1.48. The summed E-state index contributed by atoms with van der Waals surface area (Å²) < 4.78 is 5.56. The summed E-state index contributed by atoms with van der Waals surface area (Å²) in [4.78, 5) is 17.7. The van der Waals surface area contributed by atoms with Gasteiger partial charge in [-0.05, 0) is 25.0 Å². The number of benzene rings is 2. The van der Waals surface area contributed by atoms with E-state index in [4.69, 9.17) is 4.74 Å². The molecule has 4 heteroatoms. The van der Waals surface area contributed by atoms with Crippen LogP contribution >= 0.6 is 0 Å². The maximum atomic E-state index is 14.2. The molecule has 0 aliphatic carbocycles. The van der Waals surface area contributed by atoms with Crippen molar-refractivity contribution in [1.82, 2.24) is 4.90 Å². The number of carbonyl (C=O) groups is 1. The largest absolute Gasteiger partial charge is 0.370 e. The van der Waals surface area contributed by atoms with E-state index in [1.165, 1.54) is 4.90 Å². The van der Waals surface area contributed by atoms with Crippen molar-refractivity contribution >= 4 is 5.91 Å². The molecular weight excluding hydrogens is 360 g/mol. The molecule has 0 bridgehead atoms. The van der Waals surface area contributed by atoms with Gasteiger partial charge in [0.15, 0.2) is 0 Å². The first-order valence-electron chi connectivity index (χ1n) is 11.0. The number of morpholine rings is 1. The van der Waals surface area contributed by atoms with Gasteiger partial charge in [0.1, 0.15) is 18.5 Å². The first-order valence-corrected chi connectivity index (χ1v) is 11.0. The topological polar surface area (TPSA) is 34.0 Å². The lowest BCUT2D eigenvalue weighted by Gasteiger charge is -2.43. The van der Waals surface area contributed by atoms with Crippen LogP contribution in [0.5, 0.6) is 0 Å². The van der Waals surface area contributed by atoms with E-state index < -0.39 is 5.41 Å². The van der Waals surface area contributed by atoms with Crippen LogP contribution in [0.3, 0.4) is 0 Å². The van der Waals surface area contributed by atoms with Gasteiger partial charge in [-0.2, -0.15) is 0 Å². The molecule has 2 aromatic carbocycles. The molecule has 1 atom stereocenters. The van der Waals surface area contributed by atoms with E-state index in [9.17, 15) is 4.79 Å². The van der Waals surface area contributed by atoms with Crippen molar-refractivity contribution in [2.75, 3.05) is 45.9 Å². The van der Waals surface area contributed by atoms with Crippen LogP contribution in [-0.2, 0) is 14.9 Å². The van der Waals surface area contributed by atoms with E-state index in [0.29, 0.717) is 13.1 Å². The van der Waals surface area contributed by atoms with Crippen molar-refractivity contribution < 1.29 is 14.4 Å². The van der Waals surface area contributed by atoms with Crippen molar-refractivity contribution in [2.45, 2.75) is 26.2 Å². The number of nitrogens with zero attached hydrogens (tertiary/aromatic N) is 1. The molecule has 1 amide bonds. The maximum Gasteiger partial charge on any atom is 0.238 e. The van der Waals surface area contributed by atoms with E-state index in [2.05, 4.69) is 69.3 Å². The highest BCUT2D eigenvalue weighted by atomic mass is 16.5.